The van der Waals surface area contributed by atoms with Crippen LogP contribution in [0.15, 0.2) is 0 Å². The van der Waals surface area contributed by atoms with Crippen molar-refractivity contribution in [3.63, 3.8) is 0 Å². The molecule has 0 atom stereocenters. The zero-order chi connectivity index (χ0) is 21.0. The van der Waals surface area contributed by atoms with Crippen LogP contribution in [0.2, 0.25) is 0 Å². The molecule has 0 amide bonds. The lowest BCUT2D eigenvalue weighted by atomic mass is 10.1. The van der Waals surface area contributed by atoms with E-state index in [4.69, 9.17) is 10.2 Å². The molecule has 0 saturated carbocycles. The molecule has 0 rings (SSSR count). The quantitative estimate of drug-likeness (QED) is 0.326. The van der Waals surface area contributed by atoms with E-state index in [9.17, 15) is 18.0 Å². The van der Waals surface area contributed by atoms with Crippen molar-refractivity contribution in [3.8, 4) is 0 Å². The number of rotatable bonds is 17. The van der Waals surface area contributed by atoms with Gasteiger partial charge in [0.15, 0.2) is 0 Å². The van der Waals surface area contributed by atoms with E-state index in [2.05, 4.69) is 13.8 Å². The van der Waals surface area contributed by atoms with Gasteiger partial charge in [0.05, 0.1) is 24.3 Å². The van der Waals surface area contributed by atoms with Crippen molar-refractivity contribution in [2.24, 2.45) is 0 Å². The Labute approximate surface area is 165 Å². The molecule has 0 unspecified atom stereocenters. The highest BCUT2D eigenvalue weighted by Crippen LogP contribution is 2.10. The molecule has 0 heterocycles. The van der Waals surface area contributed by atoms with Crippen molar-refractivity contribution >= 4 is 21.8 Å². The van der Waals surface area contributed by atoms with Gasteiger partial charge in [0.1, 0.15) is 9.84 Å². The topological polar surface area (TPSA) is 109 Å². The van der Waals surface area contributed by atoms with Crippen molar-refractivity contribution in [1.82, 2.24) is 0 Å². The van der Waals surface area contributed by atoms with Crippen molar-refractivity contribution < 1.29 is 28.2 Å². The highest BCUT2D eigenvalue weighted by molar-refractivity contribution is 7.91. The maximum atomic E-state index is 11.8. The number of carbonyl (C=O) groups is 2. The largest absolute Gasteiger partial charge is 0.481 e. The lowest BCUT2D eigenvalue weighted by Crippen LogP contribution is -2.11. The van der Waals surface area contributed by atoms with E-state index in [1.54, 1.807) is 0 Å². The Balaban J connectivity index is 0. The number of carboxylic acid groups (broad SMARTS) is 2. The molecule has 7 heteroatoms. The maximum Gasteiger partial charge on any atom is 0.303 e. The molecule has 0 aliphatic heterocycles. The fraction of sp³-hybridized carbons (Fsp3) is 0.900. The Hall–Kier alpha value is -1.11. The van der Waals surface area contributed by atoms with Gasteiger partial charge in [0.2, 0.25) is 0 Å². The van der Waals surface area contributed by atoms with Crippen LogP contribution in [0.4, 0.5) is 0 Å². The summed E-state index contributed by atoms with van der Waals surface area (Å²) in [6.07, 6.45) is 13.3. The molecule has 0 saturated heterocycles. The van der Waals surface area contributed by atoms with E-state index in [0.717, 1.165) is 25.7 Å². The minimum Gasteiger partial charge on any atom is -0.481 e. The van der Waals surface area contributed by atoms with E-state index in [0.29, 0.717) is 11.5 Å². The van der Waals surface area contributed by atoms with Gasteiger partial charge >= 0.3 is 11.9 Å². The second-order valence-electron chi connectivity index (χ2n) is 6.97. The molecule has 0 fully saturated rings. The first-order valence-electron chi connectivity index (χ1n) is 10.4. The highest BCUT2D eigenvalue weighted by Gasteiger charge is 2.09. The Kier molecular flexibility index (Phi) is 20.4. The maximum absolute atomic E-state index is 11.8. The van der Waals surface area contributed by atoms with Gasteiger partial charge in [-0.2, -0.15) is 0 Å². The van der Waals surface area contributed by atoms with Crippen molar-refractivity contribution in [2.45, 2.75) is 104 Å². The summed E-state index contributed by atoms with van der Waals surface area (Å²) < 4.78 is 23.6. The first-order chi connectivity index (χ1) is 12.7. The van der Waals surface area contributed by atoms with Gasteiger partial charge in [-0.05, 0) is 12.8 Å². The summed E-state index contributed by atoms with van der Waals surface area (Å²) in [7, 11) is -2.77. The predicted molar refractivity (Wildman–Crippen MR) is 110 cm³/mol. The van der Waals surface area contributed by atoms with Gasteiger partial charge in [0, 0.05) is 0 Å². The van der Waals surface area contributed by atoms with Crippen molar-refractivity contribution in [3.05, 3.63) is 0 Å². The summed E-state index contributed by atoms with van der Waals surface area (Å²) >= 11 is 0. The second-order valence-corrected chi connectivity index (χ2v) is 9.28. The molecule has 0 aliphatic rings. The van der Waals surface area contributed by atoms with E-state index in [-0.39, 0.29) is 12.8 Å². The third-order valence-corrected chi connectivity index (χ3v) is 5.99. The van der Waals surface area contributed by atoms with Crippen molar-refractivity contribution in [2.75, 3.05) is 11.5 Å². The van der Waals surface area contributed by atoms with Gasteiger partial charge in [-0.3, -0.25) is 9.59 Å². The number of hydrogen-bond donors (Lipinski definition) is 2. The zero-order valence-corrected chi connectivity index (χ0v) is 18.1. The lowest BCUT2D eigenvalue weighted by Gasteiger charge is -2.04. The number of carboxylic acids is 2. The molecular weight excluding hydrogens is 368 g/mol. The van der Waals surface area contributed by atoms with Gasteiger partial charge in [-0.15, -0.1) is 0 Å². The molecule has 6 nitrogen and oxygen atoms in total. The molecule has 0 aliphatic carbocycles. The van der Waals surface area contributed by atoms with Crippen LogP contribution in [0, 0.1) is 0 Å². The molecule has 0 bridgehead atoms. The molecular formula is C20H40O6S. The lowest BCUT2D eigenvalue weighted by molar-refractivity contribution is -0.143. The summed E-state index contributed by atoms with van der Waals surface area (Å²) in [4.78, 5) is 19.3. The van der Waals surface area contributed by atoms with Crippen LogP contribution in [-0.2, 0) is 19.4 Å². The SMILES string of the molecule is CCCCCCCCS(=O)(=O)CCCCCCCC.O=C(O)CCC(=O)O. The van der Waals surface area contributed by atoms with E-state index >= 15 is 0 Å². The van der Waals surface area contributed by atoms with Crippen LogP contribution in [0.3, 0.4) is 0 Å². The van der Waals surface area contributed by atoms with Crippen LogP contribution in [0.1, 0.15) is 104 Å². The Bertz CT molecular complexity index is 423. The predicted octanol–water partition coefficient (Wildman–Crippen LogP) is 5.06. The number of sulfone groups is 1. The molecule has 0 radical (unpaired) electrons. The Morgan fingerprint density at radius 1 is 0.593 bits per heavy atom. The smallest absolute Gasteiger partial charge is 0.303 e. The van der Waals surface area contributed by atoms with Crippen LogP contribution < -0.4 is 0 Å². The van der Waals surface area contributed by atoms with Crippen molar-refractivity contribution in [1.29, 1.82) is 0 Å². The van der Waals surface area contributed by atoms with Gasteiger partial charge in [-0.1, -0.05) is 78.1 Å². The summed E-state index contributed by atoms with van der Waals surface area (Å²) in [5.41, 5.74) is 0. The number of hydrogen-bond acceptors (Lipinski definition) is 4. The molecule has 162 valence electrons. The third-order valence-electron chi connectivity index (χ3n) is 4.17. The standard InChI is InChI=1S/C16H34O2S.C4H6O4/c1-3-5-7-9-11-13-15-19(17,18)16-14-12-10-8-6-4-2;5-3(6)1-2-4(7)8/h3-16H2,1-2H3;1-2H2,(H,5,6)(H,7,8). The van der Waals surface area contributed by atoms with E-state index in [1.165, 1.54) is 51.4 Å². The molecule has 0 aromatic carbocycles. The second kappa shape index (κ2) is 19.6. The van der Waals surface area contributed by atoms with Crippen LogP contribution in [0.5, 0.6) is 0 Å². The third kappa shape index (κ3) is 27.2. The molecule has 0 spiro atoms. The number of aliphatic carboxylic acids is 2. The van der Waals surface area contributed by atoms with E-state index < -0.39 is 21.8 Å². The summed E-state index contributed by atoms with van der Waals surface area (Å²) in [6, 6.07) is 0. The van der Waals surface area contributed by atoms with E-state index in [1.807, 2.05) is 0 Å². The summed E-state index contributed by atoms with van der Waals surface area (Å²) in [6.45, 7) is 4.40. The molecule has 0 aromatic rings. The van der Waals surface area contributed by atoms with Crippen LogP contribution in [0.25, 0.3) is 0 Å². The Morgan fingerprint density at radius 3 is 1.19 bits per heavy atom. The van der Waals surface area contributed by atoms with Crippen LogP contribution in [-0.4, -0.2) is 42.1 Å². The van der Waals surface area contributed by atoms with Gasteiger partial charge in [-0.25, -0.2) is 8.42 Å². The zero-order valence-electron chi connectivity index (χ0n) is 17.2. The average Bonchev–Trinajstić information content (AvgIpc) is 2.60. The monoisotopic (exact) mass is 408 g/mol. The first kappa shape index (κ1) is 28.1. The normalized spacial score (nSPS) is 10.9. The van der Waals surface area contributed by atoms with Gasteiger partial charge in [0.25, 0.3) is 0 Å². The molecule has 27 heavy (non-hydrogen) atoms. The molecule has 2 N–H and O–H groups in total. The minimum atomic E-state index is -2.77. The Morgan fingerprint density at radius 2 is 0.889 bits per heavy atom. The summed E-state index contributed by atoms with van der Waals surface area (Å²) in [5.74, 6) is -1.33. The summed E-state index contributed by atoms with van der Waals surface area (Å²) in [5, 5.41) is 15.8. The van der Waals surface area contributed by atoms with Gasteiger partial charge < -0.3 is 10.2 Å². The first-order valence-corrected chi connectivity index (χ1v) is 12.2. The number of unbranched alkanes of at least 4 members (excludes halogenated alkanes) is 10. The highest BCUT2D eigenvalue weighted by atomic mass is 32.2. The van der Waals surface area contributed by atoms with Crippen LogP contribution >= 0.6 is 0 Å². The molecule has 0 aromatic heterocycles. The fourth-order valence-corrected chi connectivity index (χ4v) is 4.01. The minimum absolute atomic E-state index is 0.296. The average molecular weight is 409 g/mol. The fourth-order valence-electron chi connectivity index (χ4n) is 2.52.